The molecule has 0 saturated heterocycles. The standard InChI is InChI=1S/C40H44N2O9/c1-5-41(6-2)27-17-19-33(35(43)25-27)37(45)29-13-9-11-15-31(29)39(47)50-23-21-49-22-24-51-40(48)32-16-12-10-14-30(32)38(46)34-20-18-28(26-36(34)44)42(7-3)8-4/h9-20,25-26,43-44H,5-8,21-24H2,1-4H3. The first kappa shape index (κ1) is 38.1. The second-order valence-corrected chi connectivity index (χ2v) is 11.4. The molecule has 11 heteroatoms. The lowest BCUT2D eigenvalue weighted by Crippen LogP contribution is -2.21. The molecule has 0 atom stereocenters. The van der Waals surface area contributed by atoms with Gasteiger partial charge in [-0.15, -0.1) is 0 Å². The van der Waals surface area contributed by atoms with E-state index in [0.29, 0.717) is 0 Å². The average molecular weight is 697 g/mol. The minimum atomic E-state index is -0.733. The number of carbonyl (C=O) groups excluding carboxylic acids is 4. The molecular formula is C40H44N2O9. The lowest BCUT2D eigenvalue weighted by molar-refractivity contribution is 0.0149. The zero-order chi connectivity index (χ0) is 36.9. The van der Waals surface area contributed by atoms with E-state index in [9.17, 15) is 29.4 Å². The molecule has 11 nitrogen and oxygen atoms in total. The third-order valence-corrected chi connectivity index (χ3v) is 8.41. The van der Waals surface area contributed by atoms with E-state index < -0.39 is 23.5 Å². The lowest BCUT2D eigenvalue weighted by Gasteiger charge is -2.21. The van der Waals surface area contributed by atoms with Gasteiger partial charge in [0.1, 0.15) is 24.7 Å². The first-order valence-electron chi connectivity index (χ1n) is 17.0. The summed E-state index contributed by atoms with van der Waals surface area (Å²) in [4.78, 5) is 56.6. The maximum atomic E-state index is 13.3. The Morgan fingerprint density at radius 3 is 1.18 bits per heavy atom. The van der Waals surface area contributed by atoms with Crippen molar-refractivity contribution >= 4 is 34.9 Å². The van der Waals surface area contributed by atoms with Gasteiger partial charge in [-0.3, -0.25) is 9.59 Å². The maximum absolute atomic E-state index is 13.3. The first-order chi connectivity index (χ1) is 24.6. The van der Waals surface area contributed by atoms with E-state index in [4.69, 9.17) is 14.2 Å². The van der Waals surface area contributed by atoms with Crippen molar-refractivity contribution in [3.05, 3.63) is 118 Å². The number of hydrogen-bond donors (Lipinski definition) is 2. The third-order valence-electron chi connectivity index (χ3n) is 8.41. The average Bonchev–Trinajstić information content (AvgIpc) is 3.15. The highest BCUT2D eigenvalue weighted by Gasteiger charge is 2.23. The van der Waals surface area contributed by atoms with Crippen molar-refractivity contribution in [3.63, 3.8) is 0 Å². The van der Waals surface area contributed by atoms with Crippen LogP contribution in [0.5, 0.6) is 11.5 Å². The summed E-state index contributed by atoms with van der Waals surface area (Å²) in [7, 11) is 0. The highest BCUT2D eigenvalue weighted by atomic mass is 16.6. The fraction of sp³-hybridized carbons (Fsp3) is 0.300. The Morgan fingerprint density at radius 2 is 0.843 bits per heavy atom. The molecule has 0 aliphatic rings. The molecular weight excluding hydrogens is 652 g/mol. The second kappa shape index (κ2) is 18.4. The molecule has 0 aliphatic heterocycles. The highest BCUT2D eigenvalue weighted by molar-refractivity contribution is 6.16. The number of esters is 2. The quantitative estimate of drug-likeness (QED) is 0.0689. The Hall–Kier alpha value is -5.68. The van der Waals surface area contributed by atoms with Crippen LogP contribution in [0.15, 0.2) is 84.9 Å². The van der Waals surface area contributed by atoms with Crippen molar-refractivity contribution in [1.29, 1.82) is 0 Å². The lowest BCUT2D eigenvalue weighted by atomic mass is 9.97. The van der Waals surface area contributed by atoms with E-state index >= 15 is 0 Å². The predicted octanol–water partition coefficient (Wildman–Crippen LogP) is 6.28. The fourth-order valence-electron chi connectivity index (χ4n) is 5.65. The fourth-order valence-corrected chi connectivity index (χ4v) is 5.65. The van der Waals surface area contributed by atoms with E-state index in [1.54, 1.807) is 48.5 Å². The van der Waals surface area contributed by atoms with Gasteiger partial charge in [-0.25, -0.2) is 9.59 Å². The van der Waals surface area contributed by atoms with Crippen LogP contribution >= 0.6 is 0 Å². The molecule has 51 heavy (non-hydrogen) atoms. The molecule has 4 rings (SSSR count). The number of carbonyl (C=O) groups is 4. The molecule has 0 radical (unpaired) electrons. The van der Waals surface area contributed by atoms with E-state index in [-0.39, 0.29) is 71.3 Å². The van der Waals surface area contributed by atoms with Crippen LogP contribution in [0.25, 0.3) is 0 Å². The summed E-state index contributed by atoms with van der Waals surface area (Å²) in [5.41, 5.74) is 1.97. The minimum Gasteiger partial charge on any atom is -0.507 e. The number of phenolic OH excluding ortho intramolecular Hbond substituents is 2. The maximum Gasteiger partial charge on any atom is 0.338 e. The van der Waals surface area contributed by atoms with Gasteiger partial charge in [-0.2, -0.15) is 0 Å². The van der Waals surface area contributed by atoms with Crippen molar-refractivity contribution in [1.82, 2.24) is 0 Å². The van der Waals surface area contributed by atoms with E-state index in [1.807, 2.05) is 37.5 Å². The SMILES string of the molecule is CCN(CC)c1ccc(C(=O)c2ccccc2C(=O)OCCOCCOC(=O)c2ccccc2C(=O)c2ccc(N(CC)CC)cc2O)c(O)c1. The first-order valence-corrected chi connectivity index (χ1v) is 17.0. The summed E-state index contributed by atoms with van der Waals surface area (Å²) < 4.78 is 16.1. The Morgan fingerprint density at radius 1 is 0.490 bits per heavy atom. The molecule has 0 unspecified atom stereocenters. The molecule has 4 aromatic rings. The van der Waals surface area contributed by atoms with Gasteiger partial charge < -0.3 is 34.2 Å². The van der Waals surface area contributed by atoms with Crippen molar-refractivity contribution in [2.75, 3.05) is 62.4 Å². The molecule has 0 saturated carbocycles. The molecule has 0 heterocycles. The van der Waals surface area contributed by atoms with Gasteiger partial charge in [0, 0.05) is 60.8 Å². The smallest absolute Gasteiger partial charge is 0.338 e. The number of ether oxygens (including phenoxy) is 3. The van der Waals surface area contributed by atoms with Crippen molar-refractivity contribution < 1.29 is 43.6 Å². The van der Waals surface area contributed by atoms with Crippen LogP contribution in [-0.2, 0) is 14.2 Å². The van der Waals surface area contributed by atoms with Crippen LogP contribution in [-0.4, -0.2) is 86.3 Å². The third kappa shape index (κ3) is 9.31. The van der Waals surface area contributed by atoms with Gasteiger partial charge in [-0.1, -0.05) is 36.4 Å². The largest absolute Gasteiger partial charge is 0.507 e. The van der Waals surface area contributed by atoms with Crippen LogP contribution in [0.3, 0.4) is 0 Å². The molecule has 0 aliphatic carbocycles. The molecule has 268 valence electrons. The molecule has 2 N–H and O–H groups in total. The van der Waals surface area contributed by atoms with Gasteiger partial charge in [-0.05, 0) is 64.1 Å². The van der Waals surface area contributed by atoms with Crippen LogP contribution in [0.1, 0.15) is 80.3 Å². The monoisotopic (exact) mass is 696 g/mol. The number of nitrogens with zero attached hydrogens (tertiary/aromatic N) is 2. The Balaban J connectivity index is 1.28. The zero-order valence-electron chi connectivity index (χ0n) is 29.4. The van der Waals surface area contributed by atoms with E-state index in [0.717, 1.165) is 37.6 Å². The van der Waals surface area contributed by atoms with Crippen LogP contribution < -0.4 is 9.80 Å². The van der Waals surface area contributed by atoms with Gasteiger partial charge >= 0.3 is 11.9 Å². The van der Waals surface area contributed by atoms with Gasteiger partial charge in [0.05, 0.1) is 35.5 Å². The van der Waals surface area contributed by atoms with Crippen LogP contribution in [0, 0.1) is 0 Å². The zero-order valence-corrected chi connectivity index (χ0v) is 29.4. The van der Waals surface area contributed by atoms with E-state index in [2.05, 4.69) is 0 Å². The Labute approximate surface area is 298 Å². The van der Waals surface area contributed by atoms with Gasteiger partial charge in [0.2, 0.25) is 0 Å². The molecule has 0 bridgehead atoms. The molecule has 0 spiro atoms. The number of benzene rings is 4. The van der Waals surface area contributed by atoms with Crippen molar-refractivity contribution in [2.45, 2.75) is 27.7 Å². The van der Waals surface area contributed by atoms with Gasteiger partial charge in [0.25, 0.3) is 0 Å². The number of hydrogen-bond acceptors (Lipinski definition) is 11. The van der Waals surface area contributed by atoms with E-state index in [1.165, 1.54) is 36.4 Å². The topological polar surface area (TPSA) is 143 Å². The number of ketones is 2. The number of rotatable bonds is 18. The molecule has 0 amide bonds. The number of anilines is 2. The molecule has 0 fully saturated rings. The van der Waals surface area contributed by atoms with Crippen molar-refractivity contribution in [3.8, 4) is 11.5 Å². The summed E-state index contributed by atoms with van der Waals surface area (Å²) in [5.74, 6) is -2.87. The minimum absolute atomic E-state index is 0.00908. The second-order valence-electron chi connectivity index (χ2n) is 11.4. The summed E-state index contributed by atoms with van der Waals surface area (Å²) in [5, 5.41) is 21.3. The van der Waals surface area contributed by atoms with Gasteiger partial charge in [0.15, 0.2) is 11.6 Å². The highest BCUT2D eigenvalue weighted by Crippen LogP contribution is 2.29. The number of phenols is 2. The molecule has 4 aromatic carbocycles. The Bertz CT molecular complexity index is 1710. The predicted molar refractivity (Wildman–Crippen MR) is 194 cm³/mol. The van der Waals surface area contributed by atoms with Crippen LogP contribution in [0.4, 0.5) is 11.4 Å². The summed E-state index contributed by atoms with van der Waals surface area (Å²) in [6.45, 7) is 10.7. The summed E-state index contributed by atoms with van der Waals surface area (Å²) in [6.07, 6.45) is 0. The van der Waals surface area contributed by atoms with Crippen molar-refractivity contribution in [2.24, 2.45) is 0 Å². The summed E-state index contributed by atoms with van der Waals surface area (Å²) >= 11 is 0. The van der Waals surface area contributed by atoms with Crippen LogP contribution in [0.2, 0.25) is 0 Å². The summed E-state index contributed by atoms with van der Waals surface area (Å²) in [6, 6.07) is 22.1. The molecule has 0 aromatic heterocycles. The Kier molecular flexibility index (Phi) is 13.7. The normalized spacial score (nSPS) is 10.7. The number of aromatic hydroxyl groups is 2.